The highest BCUT2D eigenvalue weighted by Gasteiger charge is 2.13. The second-order valence-electron chi connectivity index (χ2n) is 4.62. The topological polar surface area (TPSA) is 58.6 Å². The van der Waals surface area contributed by atoms with Gasteiger partial charge in [-0.2, -0.15) is 0 Å². The summed E-state index contributed by atoms with van der Waals surface area (Å²) in [5.41, 5.74) is 0.870. The van der Waals surface area contributed by atoms with Gasteiger partial charge in [-0.05, 0) is 11.6 Å². The van der Waals surface area contributed by atoms with Crippen LogP contribution in [-0.2, 0) is 20.9 Å². The summed E-state index contributed by atoms with van der Waals surface area (Å²) < 4.78 is 4.85. The van der Waals surface area contributed by atoms with Crippen LogP contribution in [0.25, 0.3) is 0 Å². The van der Waals surface area contributed by atoms with Crippen molar-refractivity contribution in [2.45, 2.75) is 19.9 Å². The van der Waals surface area contributed by atoms with Gasteiger partial charge >= 0.3 is 0 Å². The second kappa shape index (κ2) is 9.37. The third kappa shape index (κ3) is 6.60. The highest BCUT2D eigenvalue weighted by molar-refractivity contribution is 6.31. The van der Waals surface area contributed by atoms with E-state index in [4.69, 9.17) is 16.3 Å². The molecule has 0 saturated heterocycles. The minimum Gasteiger partial charge on any atom is -0.383 e. The molecule has 0 fully saturated rings. The number of hydrogen-bond donors (Lipinski definition) is 1. The smallest absolute Gasteiger partial charge is 0.221 e. The number of rotatable bonds is 8. The van der Waals surface area contributed by atoms with Gasteiger partial charge < -0.3 is 15.0 Å². The van der Waals surface area contributed by atoms with Crippen LogP contribution < -0.4 is 5.32 Å². The van der Waals surface area contributed by atoms with Gasteiger partial charge in [-0.3, -0.25) is 9.59 Å². The molecule has 0 aliphatic heterocycles. The number of amides is 2. The van der Waals surface area contributed by atoms with Gasteiger partial charge in [-0.1, -0.05) is 29.8 Å². The van der Waals surface area contributed by atoms with E-state index in [0.29, 0.717) is 31.3 Å². The lowest BCUT2D eigenvalue weighted by Gasteiger charge is -2.21. The monoisotopic (exact) mass is 312 g/mol. The normalized spacial score (nSPS) is 10.2. The first-order valence-electron chi connectivity index (χ1n) is 6.79. The molecule has 0 aliphatic rings. The van der Waals surface area contributed by atoms with Crippen LogP contribution in [0, 0.1) is 0 Å². The molecule has 0 spiro atoms. The molecule has 0 heterocycles. The quantitative estimate of drug-likeness (QED) is 0.745. The summed E-state index contributed by atoms with van der Waals surface area (Å²) in [6, 6.07) is 7.37. The van der Waals surface area contributed by atoms with E-state index in [9.17, 15) is 9.59 Å². The Balaban J connectivity index is 2.49. The Bertz CT molecular complexity index is 480. The first kappa shape index (κ1) is 17.5. The number of ether oxygens (including phenoxy) is 1. The fourth-order valence-corrected chi connectivity index (χ4v) is 1.99. The van der Waals surface area contributed by atoms with Crippen LogP contribution >= 0.6 is 11.6 Å². The molecule has 0 atom stereocenters. The molecule has 2 amide bonds. The van der Waals surface area contributed by atoms with Crippen molar-refractivity contribution < 1.29 is 14.3 Å². The van der Waals surface area contributed by atoms with E-state index in [-0.39, 0.29) is 18.2 Å². The predicted molar refractivity (Wildman–Crippen MR) is 82.0 cm³/mol. The van der Waals surface area contributed by atoms with Crippen LogP contribution in [0.2, 0.25) is 5.02 Å². The van der Waals surface area contributed by atoms with Gasteiger partial charge in [0.25, 0.3) is 0 Å². The predicted octanol–water partition coefficient (Wildman–Crippen LogP) is 1.84. The van der Waals surface area contributed by atoms with Gasteiger partial charge in [-0.15, -0.1) is 0 Å². The molecule has 0 radical (unpaired) electrons. The zero-order chi connectivity index (χ0) is 15.7. The number of hydrogen-bond acceptors (Lipinski definition) is 3. The molecule has 1 aromatic carbocycles. The lowest BCUT2D eigenvalue weighted by molar-refractivity contribution is -0.130. The van der Waals surface area contributed by atoms with E-state index >= 15 is 0 Å². The Morgan fingerprint density at radius 2 is 2.05 bits per heavy atom. The van der Waals surface area contributed by atoms with Crippen LogP contribution in [0.3, 0.4) is 0 Å². The van der Waals surface area contributed by atoms with Crippen LogP contribution in [-0.4, -0.2) is 43.5 Å². The molecule has 0 saturated carbocycles. The zero-order valence-electron chi connectivity index (χ0n) is 12.4. The fraction of sp³-hybridized carbons (Fsp3) is 0.467. The van der Waals surface area contributed by atoms with Gasteiger partial charge in [0.15, 0.2) is 0 Å². The summed E-state index contributed by atoms with van der Waals surface area (Å²) in [4.78, 5) is 24.9. The number of benzene rings is 1. The Kier molecular flexibility index (Phi) is 7.79. The summed E-state index contributed by atoms with van der Waals surface area (Å²) in [5.74, 6) is -0.183. The second-order valence-corrected chi connectivity index (χ2v) is 5.03. The maximum Gasteiger partial charge on any atom is 0.221 e. The maximum atomic E-state index is 11.7. The molecule has 1 aromatic rings. The number of carbonyl (C=O) groups is 2. The molecular weight excluding hydrogens is 292 g/mol. The van der Waals surface area contributed by atoms with E-state index in [0.717, 1.165) is 5.56 Å². The molecule has 6 heteroatoms. The standard InChI is InChI=1S/C15H21ClN2O3/c1-12(19)18(9-7-15(20)17-8-10-21-2)11-13-5-3-4-6-14(13)16/h3-6H,7-11H2,1-2H3,(H,17,20). The van der Waals surface area contributed by atoms with E-state index in [1.807, 2.05) is 18.2 Å². The number of carbonyl (C=O) groups excluding carboxylic acids is 2. The largest absolute Gasteiger partial charge is 0.383 e. The molecule has 5 nitrogen and oxygen atoms in total. The summed E-state index contributed by atoms with van der Waals surface area (Å²) in [7, 11) is 1.58. The van der Waals surface area contributed by atoms with Crippen molar-refractivity contribution in [3.05, 3.63) is 34.9 Å². The molecule has 21 heavy (non-hydrogen) atoms. The average molecular weight is 313 g/mol. The summed E-state index contributed by atoms with van der Waals surface area (Å²) in [5, 5.41) is 3.34. The Morgan fingerprint density at radius 3 is 2.67 bits per heavy atom. The number of methoxy groups -OCH3 is 1. The van der Waals surface area contributed by atoms with Crippen LogP contribution in [0.1, 0.15) is 18.9 Å². The Morgan fingerprint density at radius 1 is 1.33 bits per heavy atom. The lowest BCUT2D eigenvalue weighted by atomic mass is 10.2. The molecule has 1 N–H and O–H groups in total. The minimum atomic E-state index is -0.0996. The van der Waals surface area contributed by atoms with Gasteiger partial charge in [0.1, 0.15) is 0 Å². The van der Waals surface area contributed by atoms with Crippen LogP contribution in [0.4, 0.5) is 0 Å². The van der Waals surface area contributed by atoms with Crippen LogP contribution in [0.5, 0.6) is 0 Å². The molecule has 0 bridgehead atoms. The molecular formula is C15H21ClN2O3. The van der Waals surface area contributed by atoms with Crippen molar-refractivity contribution >= 4 is 23.4 Å². The third-order valence-corrected chi connectivity index (χ3v) is 3.37. The zero-order valence-corrected chi connectivity index (χ0v) is 13.2. The number of nitrogens with zero attached hydrogens (tertiary/aromatic N) is 1. The summed E-state index contributed by atoms with van der Waals surface area (Å²) in [6.45, 7) is 3.20. The SMILES string of the molecule is COCCNC(=O)CCN(Cc1ccccc1Cl)C(C)=O. The van der Waals surface area contributed by atoms with Gasteiger partial charge in [0, 0.05) is 45.1 Å². The minimum absolute atomic E-state index is 0.0837. The average Bonchev–Trinajstić information content (AvgIpc) is 2.45. The number of halogens is 1. The molecule has 1 rings (SSSR count). The van der Waals surface area contributed by atoms with Crippen molar-refractivity contribution in [2.24, 2.45) is 0 Å². The third-order valence-electron chi connectivity index (χ3n) is 3.00. The van der Waals surface area contributed by atoms with Gasteiger partial charge in [-0.25, -0.2) is 0 Å². The van der Waals surface area contributed by atoms with Gasteiger partial charge in [0.05, 0.1) is 6.61 Å². The fourth-order valence-electron chi connectivity index (χ4n) is 1.80. The van der Waals surface area contributed by atoms with E-state index in [1.54, 1.807) is 18.1 Å². The van der Waals surface area contributed by atoms with Crippen molar-refractivity contribution in [3.63, 3.8) is 0 Å². The molecule has 116 valence electrons. The Hall–Kier alpha value is -1.59. The van der Waals surface area contributed by atoms with Crippen molar-refractivity contribution in [3.8, 4) is 0 Å². The van der Waals surface area contributed by atoms with Crippen molar-refractivity contribution in [2.75, 3.05) is 26.8 Å². The highest BCUT2D eigenvalue weighted by Crippen LogP contribution is 2.17. The van der Waals surface area contributed by atoms with E-state index in [1.165, 1.54) is 6.92 Å². The summed E-state index contributed by atoms with van der Waals surface area (Å²) >= 11 is 6.09. The van der Waals surface area contributed by atoms with Crippen LogP contribution in [0.15, 0.2) is 24.3 Å². The first-order valence-corrected chi connectivity index (χ1v) is 7.17. The van der Waals surface area contributed by atoms with E-state index in [2.05, 4.69) is 5.32 Å². The van der Waals surface area contributed by atoms with Gasteiger partial charge in [0.2, 0.25) is 11.8 Å². The van der Waals surface area contributed by atoms with Crippen molar-refractivity contribution in [1.29, 1.82) is 0 Å². The van der Waals surface area contributed by atoms with E-state index < -0.39 is 0 Å². The lowest BCUT2D eigenvalue weighted by Crippen LogP contribution is -2.34. The molecule has 0 aromatic heterocycles. The highest BCUT2D eigenvalue weighted by atomic mass is 35.5. The number of nitrogens with one attached hydrogen (secondary N) is 1. The van der Waals surface area contributed by atoms with Crippen molar-refractivity contribution in [1.82, 2.24) is 10.2 Å². The summed E-state index contributed by atoms with van der Waals surface area (Å²) in [6.07, 6.45) is 0.258. The first-order chi connectivity index (χ1) is 10.0. The molecule has 0 aliphatic carbocycles. The maximum absolute atomic E-state index is 11.7. The Labute approximate surface area is 130 Å². The molecule has 0 unspecified atom stereocenters.